The second-order valence-electron chi connectivity index (χ2n) is 5.05. The van der Waals surface area contributed by atoms with Gasteiger partial charge in [0.1, 0.15) is 11.4 Å². The van der Waals surface area contributed by atoms with Gasteiger partial charge in [-0.05, 0) is 31.9 Å². The Morgan fingerprint density at radius 1 is 1.33 bits per heavy atom. The van der Waals surface area contributed by atoms with Crippen molar-refractivity contribution in [3.8, 4) is 0 Å². The standard InChI is InChI=1S/C15H21N3O3/c1-2-21-14(19)12-9-6-10-16-13(12)18-15(20)17-11-7-4-3-5-8-11/h6,9-11H,2-5,7-8H2,1H3,(H2,16,17,18,20). The van der Waals surface area contributed by atoms with Crippen molar-refractivity contribution in [2.75, 3.05) is 11.9 Å². The van der Waals surface area contributed by atoms with Crippen molar-refractivity contribution >= 4 is 17.8 Å². The van der Waals surface area contributed by atoms with Crippen LogP contribution >= 0.6 is 0 Å². The molecule has 0 atom stereocenters. The number of urea groups is 1. The molecule has 1 fully saturated rings. The third kappa shape index (κ3) is 4.44. The summed E-state index contributed by atoms with van der Waals surface area (Å²) in [4.78, 5) is 27.8. The highest BCUT2D eigenvalue weighted by Crippen LogP contribution is 2.18. The van der Waals surface area contributed by atoms with E-state index < -0.39 is 5.97 Å². The lowest BCUT2D eigenvalue weighted by atomic mass is 9.96. The molecule has 6 heteroatoms. The van der Waals surface area contributed by atoms with Crippen molar-refractivity contribution < 1.29 is 14.3 Å². The summed E-state index contributed by atoms with van der Waals surface area (Å²) in [5.41, 5.74) is 0.262. The van der Waals surface area contributed by atoms with Crippen molar-refractivity contribution in [1.82, 2.24) is 10.3 Å². The number of hydrogen-bond donors (Lipinski definition) is 2. The van der Waals surface area contributed by atoms with Crippen LogP contribution in [0.1, 0.15) is 49.4 Å². The number of hydrogen-bond acceptors (Lipinski definition) is 4. The fraction of sp³-hybridized carbons (Fsp3) is 0.533. The van der Waals surface area contributed by atoms with E-state index in [9.17, 15) is 9.59 Å². The number of pyridine rings is 1. The molecule has 0 bridgehead atoms. The van der Waals surface area contributed by atoms with Crippen LogP contribution in [0.2, 0.25) is 0 Å². The molecule has 0 aliphatic heterocycles. The van der Waals surface area contributed by atoms with E-state index in [2.05, 4.69) is 15.6 Å². The average molecular weight is 291 g/mol. The molecule has 2 amide bonds. The van der Waals surface area contributed by atoms with Crippen LogP contribution in [-0.4, -0.2) is 29.6 Å². The van der Waals surface area contributed by atoms with Gasteiger partial charge in [0.15, 0.2) is 0 Å². The Bertz CT molecular complexity index is 499. The third-order valence-corrected chi connectivity index (χ3v) is 3.48. The number of nitrogens with zero attached hydrogens (tertiary/aromatic N) is 1. The van der Waals surface area contributed by atoms with E-state index in [0.717, 1.165) is 25.7 Å². The normalized spacial score (nSPS) is 15.3. The highest BCUT2D eigenvalue weighted by Gasteiger charge is 2.18. The summed E-state index contributed by atoms with van der Waals surface area (Å²) in [5.74, 6) is -0.261. The summed E-state index contributed by atoms with van der Waals surface area (Å²) in [5, 5.41) is 5.56. The van der Waals surface area contributed by atoms with E-state index in [4.69, 9.17) is 4.74 Å². The zero-order valence-electron chi connectivity index (χ0n) is 12.2. The summed E-state index contributed by atoms with van der Waals surface area (Å²) in [6.45, 7) is 2.01. The van der Waals surface area contributed by atoms with Crippen LogP contribution in [-0.2, 0) is 4.74 Å². The average Bonchev–Trinajstić information content (AvgIpc) is 2.49. The van der Waals surface area contributed by atoms with Gasteiger partial charge in [0, 0.05) is 12.2 Å². The fourth-order valence-corrected chi connectivity index (χ4v) is 2.45. The summed E-state index contributed by atoms with van der Waals surface area (Å²) < 4.78 is 4.95. The molecule has 0 unspecified atom stereocenters. The molecule has 1 aromatic rings. The van der Waals surface area contributed by atoms with Gasteiger partial charge in [0.05, 0.1) is 6.61 Å². The van der Waals surface area contributed by atoms with Gasteiger partial charge in [-0.25, -0.2) is 14.6 Å². The van der Waals surface area contributed by atoms with Gasteiger partial charge in [0.25, 0.3) is 0 Å². The smallest absolute Gasteiger partial charge is 0.341 e. The predicted octanol–water partition coefficient (Wildman–Crippen LogP) is 2.71. The highest BCUT2D eigenvalue weighted by molar-refractivity contribution is 5.99. The molecule has 0 radical (unpaired) electrons. The first-order valence-corrected chi connectivity index (χ1v) is 7.40. The molecule has 21 heavy (non-hydrogen) atoms. The van der Waals surface area contributed by atoms with E-state index in [1.54, 1.807) is 19.1 Å². The van der Waals surface area contributed by atoms with Gasteiger partial charge in [0.2, 0.25) is 0 Å². The van der Waals surface area contributed by atoms with E-state index >= 15 is 0 Å². The summed E-state index contributed by atoms with van der Waals surface area (Å²) in [6.07, 6.45) is 7.04. The van der Waals surface area contributed by atoms with Gasteiger partial charge in [-0.2, -0.15) is 0 Å². The molecule has 1 aliphatic carbocycles. The van der Waals surface area contributed by atoms with Crippen LogP contribution in [0.15, 0.2) is 18.3 Å². The van der Waals surface area contributed by atoms with Crippen molar-refractivity contribution in [3.63, 3.8) is 0 Å². The number of rotatable bonds is 4. The SMILES string of the molecule is CCOC(=O)c1cccnc1NC(=O)NC1CCCCC1. The van der Waals surface area contributed by atoms with Crippen molar-refractivity contribution in [3.05, 3.63) is 23.9 Å². The first kappa shape index (κ1) is 15.3. The number of aromatic nitrogens is 1. The molecular weight excluding hydrogens is 270 g/mol. The monoisotopic (exact) mass is 291 g/mol. The van der Waals surface area contributed by atoms with Gasteiger partial charge in [-0.15, -0.1) is 0 Å². The number of carbonyl (C=O) groups is 2. The zero-order chi connectivity index (χ0) is 15.1. The molecular formula is C15H21N3O3. The number of nitrogens with one attached hydrogen (secondary N) is 2. The summed E-state index contributed by atoms with van der Waals surface area (Å²) in [6, 6.07) is 3.09. The minimum Gasteiger partial charge on any atom is -0.462 e. The van der Waals surface area contributed by atoms with Crippen LogP contribution in [0, 0.1) is 0 Å². The third-order valence-electron chi connectivity index (χ3n) is 3.48. The molecule has 0 saturated heterocycles. The van der Waals surface area contributed by atoms with Crippen LogP contribution in [0.25, 0.3) is 0 Å². The largest absolute Gasteiger partial charge is 0.462 e. The van der Waals surface area contributed by atoms with Gasteiger partial charge < -0.3 is 10.1 Å². The van der Waals surface area contributed by atoms with E-state index in [1.165, 1.54) is 12.6 Å². The Kier molecular flexibility index (Phi) is 5.54. The highest BCUT2D eigenvalue weighted by atomic mass is 16.5. The first-order valence-electron chi connectivity index (χ1n) is 7.40. The van der Waals surface area contributed by atoms with Gasteiger partial charge in [-0.3, -0.25) is 5.32 Å². The molecule has 6 nitrogen and oxygen atoms in total. The maximum Gasteiger partial charge on any atom is 0.341 e. The molecule has 1 aliphatic rings. The zero-order valence-corrected chi connectivity index (χ0v) is 12.2. The Hall–Kier alpha value is -2.11. The van der Waals surface area contributed by atoms with Crippen molar-refractivity contribution in [2.45, 2.75) is 45.1 Å². The molecule has 2 N–H and O–H groups in total. The molecule has 0 aromatic carbocycles. The molecule has 1 heterocycles. The van der Waals surface area contributed by atoms with Crippen molar-refractivity contribution in [1.29, 1.82) is 0 Å². The number of carbonyl (C=O) groups excluding carboxylic acids is 2. The maximum absolute atomic E-state index is 12.0. The molecule has 114 valence electrons. The quantitative estimate of drug-likeness (QED) is 0.836. The summed E-state index contributed by atoms with van der Waals surface area (Å²) >= 11 is 0. The number of esters is 1. The van der Waals surface area contributed by atoms with Crippen LogP contribution in [0.5, 0.6) is 0 Å². The van der Waals surface area contributed by atoms with Crippen molar-refractivity contribution in [2.24, 2.45) is 0 Å². The van der Waals surface area contributed by atoms with E-state index in [1.807, 2.05) is 0 Å². The second-order valence-corrected chi connectivity index (χ2v) is 5.05. The first-order chi connectivity index (χ1) is 10.2. The lowest BCUT2D eigenvalue weighted by molar-refractivity contribution is 0.0527. The summed E-state index contributed by atoms with van der Waals surface area (Å²) in [7, 11) is 0. The number of ether oxygens (including phenoxy) is 1. The lowest BCUT2D eigenvalue weighted by Gasteiger charge is -2.22. The Morgan fingerprint density at radius 3 is 2.81 bits per heavy atom. The van der Waals surface area contributed by atoms with E-state index in [0.29, 0.717) is 0 Å². The Morgan fingerprint density at radius 2 is 2.10 bits per heavy atom. The number of amides is 2. The van der Waals surface area contributed by atoms with Crippen LogP contribution in [0.3, 0.4) is 0 Å². The van der Waals surface area contributed by atoms with Gasteiger partial charge >= 0.3 is 12.0 Å². The van der Waals surface area contributed by atoms with E-state index in [-0.39, 0.29) is 30.1 Å². The van der Waals surface area contributed by atoms with Crippen LogP contribution < -0.4 is 10.6 Å². The Balaban J connectivity index is 1.98. The minimum absolute atomic E-state index is 0.202. The Labute approximate surface area is 124 Å². The number of anilines is 1. The topological polar surface area (TPSA) is 80.3 Å². The van der Waals surface area contributed by atoms with Crippen LogP contribution in [0.4, 0.5) is 10.6 Å². The maximum atomic E-state index is 12.0. The van der Waals surface area contributed by atoms with Gasteiger partial charge in [-0.1, -0.05) is 19.3 Å². The molecule has 0 spiro atoms. The molecule has 1 saturated carbocycles. The molecule has 1 aromatic heterocycles. The fourth-order valence-electron chi connectivity index (χ4n) is 2.45. The minimum atomic E-state index is -0.487. The second kappa shape index (κ2) is 7.61. The molecule has 2 rings (SSSR count). The predicted molar refractivity (Wildman–Crippen MR) is 79.2 cm³/mol. The lowest BCUT2D eigenvalue weighted by Crippen LogP contribution is -2.39.